The molecule has 0 bridgehead atoms. The van der Waals surface area contributed by atoms with Gasteiger partial charge in [0.05, 0.1) is 13.0 Å². The van der Waals surface area contributed by atoms with Crippen LogP contribution in [0, 0.1) is 5.92 Å². The Morgan fingerprint density at radius 3 is 2.64 bits per heavy atom. The molecule has 0 aliphatic heterocycles. The Morgan fingerprint density at radius 1 is 1.29 bits per heavy atom. The third kappa shape index (κ3) is 8.29. The molecule has 0 aromatic carbocycles. The summed E-state index contributed by atoms with van der Waals surface area (Å²) in [6, 6.07) is 0. The molecule has 1 heterocycles. The van der Waals surface area contributed by atoms with Crippen LogP contribution in [0.2, 0.25) is 0 Å². The van der Waals surface area contributed by atoms with Gasteiger partial charge < -0.3 is 9.26 Å². The second-order valence-electron chi connectivity index (χ2n) is 9.30. The molecule has 1 aliphatic rings. The van der Waals surface area contributed by atoms with E-state index in [0.29, 0.717) is 24.7 Å². The van der Waals surface area contributed by atoms with Crippen molar-refractivity contribution < 1.29 is 14.1 Å². The molecule has 2 rings (SSSR count). The Labute approximate surface area is 170 Å². The van der Waals surface area contributed by atoms with Crippen molar-refractivity contribution in [1.29, 1.82) is 0 Å². The van der Waals surface area contributed by atoms with Crippen LogP contribution in [0.3, 0.4) is 0 Å². The van der Waals surface area contributed by atoms with Crippen molar-refractivity contribution >= 4 is 5.97 Å². The van der Waals surface area contributed by atoms with Crippen LogP contribution in [0.1, 0.15) is 103 Å². The number of rotatable bonds is 10. The molecular formula is C22H39N3O3. The van der Waals surface area contributed by atoms with Gasteiger partial charge in [-0.1, -0.05) is 57.0 Å². The molecule has 6 heteroatoms. The highest BCUT2D eigenvalue weighted by Crippen LogP contribution is 2.31. The van der Waals surface area contributed by atoms with Crippen LogP contribution in [0.5, 0.6) is 0 Å². The van der Waals surface area contributed by atoms with E-state index in [-0.39, 0.29) is 11.9 Å². The van der Waals surface area contributed by atoms with Gasteiger partial charge in [0.1, 0.15) is 5.60 Å². The van der Waals surface area contributed by atoms with Gasteiger partial charge >= 0.3 is 5.97 Å². The van der Waals surface area contributed by atoms with Crippen molar-refractivity contribution in [3.05, 3.63) is 11.7 Å². The molecule has 0 radical (unpaired) electrons. The minimum Gasteiger partial charge on any atom is -0.460 e. The molecule has 160 valence electrons. The fraction of sp³-hybridized carbons (Fsp3) is 0.864. The summed E-state index contributed by atoms with van der Waals surface area (Å²) in [7, 11) is 2.03. The maximum Gasteiger partial charge on any atom is 0.307 e. The van der Waals surface area contributed by atoms with Gasteiger partial charge in [0.15, 0.2) is 5.82 Å². The number of esters is 1. The molecule has 6 nitrogen and oxygen atoms in total. The van der Waals surface area contributed by atoms with Gasteiger partial charge in [0.2, 0.25) is 5.89 Å². The zero-order valence-electron chi connectivity index (χ0n) is 18.5. The predicted octanol–water partition coefficient (Wildman–Crippen LogP) is 5.09. The van der Waals surface area contributed by atoms with Crippen molar-refractivity contribution in [2.24, 2.45) is 5.92 Å². The van der Waals surface area contributed by atoms with Gasteiger partial charge in [-0.2, -0.15) is 4.98 Å². The smallest absolute Gasteiger partial charge is 0.307 e. The first kappa shape index (κ1) is 22.9. The molecule has 1 aromatic rings. The summed E-state index contributed by atoms with van der Waals surface area (Å²) in [4.78, 5) is 19.1. The maximum absolute atomic E-state index is 12.4. The summed E-state index contributed by atoms with van der Waals surface area (Å²) in [5.41, 5.74) is -0.479. The lowest BCUT2D eigenvalue weighted by Gasteiger charge is -2.23. The number of carbonyl (C=O) groups is 1. The van der Waals surface area contributed by atoms with Crippen LogP contribution >= 0.6 is 0 Å². The van der Waals surface area contributed by atoms with E-state index in [1.165, 1.54) is 38.5 Å². The normalized spacial score (nSPS) is 17.1. The van der Waals surface area contributed by atoms with Gasteiger partial charge in [-0.25, -0.2) is 0 Å². The number of ether oxygens (including phenoxy) is 1. The van der Waals surface area contributed by atoms with E-state index < -0.39 is 5.60 Å². The standard InChI is InChI=1S/C22H39N3O3/c1-6-25(5)16-19-23-21(28-24-19)18(15-20(26)27-22(2,3)4)14-10-13-17-11-8-7-9-12-17/h17-18H,6-16H2,1-5H3/t18-/m1/s1. The minimum atomic E-state index is -0.479. The zero-order chi connectivity index (χ0) is 20.6. The van der Waals surface area contributed by atoms with E-state index in [0.717, 1.165) is 25.3 Å². The number of aromatic nitrogens is 2. The van der Waals surface area contributed by atoms with E-state index in [9.17, 15) is 4.79 Å². The lowest BCUT2D eigenvalue weighted by molar-refractivity contribution is -0.155. The van der Waals surface area contributed by atoms with Gasteiger partial charge in [0, 0.05) is 5.92 Å². The summed E-state index contributed by atoms with van der Waals surface area (Å²) in [6.07, 6.45) is 10.3. The topological polar surface area (TPSA) is 68.5 Å². The lowest BCUT2D eigenvalue weighted by Crippen LogP contribution is -2.25. The second-order valence-corrected chi connectivity index (χ2v) is 9.30. The van der Waals surface area contributed by atoms with E-state index >= 15 is 0 Å². The molecule has 0 saturated heterocycles. The molecule has 1 fully saturated rings. The quantitative estimate of drug-likeness (QED) is 0.516. The lowest BCUT2D eigenvalue weighted by atomic mass is 9.84. The van der Waals surface area contributed by atoms with Crippen LogP contribution in [0.25, 0.3) is 0 Å². The SMILES string of the molecule is CCN(C)Cc1noc([C@H](CCCC2CCCCC2)CC(=O)OC(C)(C)C)n1. The van der Waals surface area contributed by atoms with Crippen LogP contribution in [0.4, 0.5) is 0 Å². The third-order valence-electron chi connectivity index (χ3n) is 5.51. The van der Waals surface area contributed by atoms with Crippen LogP contribution in [0.15, 0.2) is 4.52 Å². The second kappa shape index (κ2) is 10.9. The molecule has 28 heavy (non-hydrogen) atoms. The zero-order valence-corrected chi connectivity index (χ0v) is 18.5. The first-order valence-corrected chi connectivity index (χ1v) is 11.0. The summed E-state index contributed by atoms with van der Waals surface area (Å²) in [5, 5.41) is 4.12. The number of hydrogen-bond acceptors (Lipinski definition) is 6. The average molecular weight is 394 g/mol. The van der Waals surface area contributed by atoms with E-state index in [1.54, 1.807) is 0 Å². The highest BCUT2D eigenvalue weighted by atomic mass is 16.6. The van der Waals surface area contributed by atoms with Crippen LogP contribution in [-0.2, 0) is 16.1 Å². The monoisotopic (exact) mass is 393 g/mol. The number of carbonyl (C=O) groups excluding carboxylic acids is 1. The van der Waals surface area contributed by atoms with E-state index in [4.69, 9.17) is 9.26 Å². The van der Waals surface area contributed by atoms with Crippen LogP contribution in [-0.4, -0.2) is 40.2 Å². The van der Waals surface area contributed by atoms with E-state index in [1.807, 2.05) is 27.8 Å². The summed E-state index contributed by atoms with van der Waals surface area (Å²) in [6.45, 7) is 9.36. The molecule has 0 amide bonds. The maximum atomic E-state index is 12.4. The van der Waals surface area contributed by atoms with Crippen LogP contribution < -0.4 is 0 Å². The number of nitrogens with zero attached hydrogens (tertiary/aromatic N) is 3. The molecule has 1 aromatic heterocycles. The highest BCUT2D eigenvalue weighted by molar-refractivity contribution is 5.70. The average Bonchev–Trinajstić information content (AvgIpc) is 3.08. The Hall–Kier alpha value is -1.43. The van der Waals surface area contributed by atoms with E-state index in [2.05, 4.69) is 22.0 Å². The van der Waals surface area contributed by atoms with Crippen molar-refractivity contribution in [1.82, 2.24) is 15.0 Å². The molecule has 1 aliphatic carbocycles. The summed E-state index contributed by atoms with van der Waals surface area (Å²) < 4.78 is 11.1. The van der Waals surface area contributed by atoms with Gasteiger partial charge in [-0.05, 0) is 46.7 Å². The Balaban J connectivity index is 1.97. The first-order valence-electron chi connectivity index (χ1n) is 11.0. The molecule has 0 N–H and O–H groups in total. The van der Waals surface area contributed by atoms with Gasteiger partial charge in [0.25, 0.3) is 0 Å². The Morgan fingerprint density at radius 2 is 2.00 bits per heavy atom. The van der Waals surface area contributed by atoms with Crippen molar-refractivity contribution in [2.75, 3.05) is 13.6 Å². The largest absolute Gasteiger partial charge is 0.460 e. The number of hydrogen-bond donors (Lipinski definition) is 0. The van der Waals surface area contributed by atoms with Crippen molar-refractivity contribution in [2.45, 2.75) is 104 Å². The fourth-order valence-electron chi connectivity index (χ4n) is 3.88. The summed E-state index contributed by atoms with van der Waals surface area (Å²) in [5.74, 6) is 1.84. The predicted molar refractivity (Wildman–Crippen MR) is 110 cm³/mol. The molecule has 1 saturated carbocycles. The summed E-state index contributed by atoms with van der Waals surface area (Å²) >= 11 is 0. The fourth-order valence-corrected chi connectivity index (χ4v) is 3.88. The van der Waals surface area contributed by atoms with Crippen molar-refractivity contribution in [3.8, 4) is 0 Å². The Bertz CT molecular complexity index is 588. The van der Waals surface area contributed by atoms with Crippen molar-refractivity contribution in [3.63, 3.8) is 0 Å². The molecule has 1 atom stereocenters. The molecular weight excluding hydrogens is 354 g/mol. The minimum absolute atomic E-state index is 0.0633. The highest BCUT2D eigenvalue weighted by Gasteiger charge is 2.26. The van der Waals surface area contributed by atoms with Gasteiger partial charge in [-0.3, -0.25) is 9.69 Å². The first-order chi connectivity index (χ1) is 13.3. The Kier molecular flexibility index (Phi) is 8.93. The molecule has 0 spiro atoms. The molecule has 0 unspecified atom stereocenters. The third-order valence-corrected chi connectivity index (χ3v) is 5.51. The van der Waals surface area contributed by atoms with Gasteiger partial charge in [-0.15, -0.1) is 0 Å².